The van der Waals surface area contributed by atoms with Crippen molar-refractivity contribution in [2.24, 2.45) is 5.92 Å². The van der Waals surface area contributed by atoms with Crippen molar-refractivity contribution in [1.82, 2.24) is 0 Å². The summed E-state index contributed by atoms with van der Waals surface area (Å²) in [5, 5.41) is 0. The number of carbonyl (C=O) groups excluding carboxylic acids is 1. The first kappa shape index (κ1) is 14.1. The lowest BCUT2D eigenvalue weighted by Gasteiger charge is -2.31. The Morgan fingerprint density at radius 2 is 1.84 bits per heavy atom. The van der Waals surface area contributed by atoms with E-state index in [9.17, 15) is 4.79 Å². The van der Waals surface area contributed by atoms with Gasteiger partial charge in [-0.05, 0) is 38.2 Å². The fourth-order valence-electron chi connectivity index (χ4n) is 2.74. The average molecular weight is 262 g/mol. The van der Waals surface area contributed by atoms with Crippen molar-refractivity contribution >= 4 is 5.97 Å². The van der Waals surface area contributed by atoms with Crippen LogP contribution in [0.3, 0.4) is 0 Å². The maximum atomic E-state index is 11.8. The van der Waals surface area contributed by atoms with Crippen LogP contribution in [0.15, 0.2) is 30.3 Å². The molecule has 0 amide bonds. The van der Waals surface area contributed by atoms with Crippen LogP contribution in [0.5, 0.6) is 0 Å². The molecule has 0 aliphatic carbocycles. The number of carbonyl (C=O) groups is 1. The molecular formula is C16H22O3. The molecule has 2 rings (SSSR count). The fourth-order valence-corrected chi connectivity index (χ4v) is 2.74. The quantitative estimate of drug-likeness (QED) is 0.781. The van der Waals surface area contributed by atoms with Gasteiger partial charge in [0.25, 0.3) is 0 Å². The average Bonchev–Trinajstić information content (AvgIpc) is 2.36. The third-order valence-corrected chi connectivity index (χ3v) is 3.49. The highest BCUT2D eigenvalue weighted by atomic mass is 16.5. The van der Waals surface area contributed by atoms with Crippen LogP contribution < -0.4 is 0 Å². The summed E-state index contributed by atoms with van der Waals surface area (Å²) in [6.07, 6.45) is 2.90. The second kappa shape index (κ2) is 6.71. The molecule has 0 N–H and O–H groups in total. The van der Waals surface area contributed by atoms with Crippen molar-refractivity contribution in [1.29, 1.82) is 0 Å². The van der Waals surface area contributed by atoms with Gasteiger partial charge in [-0.25, -0.2) is 0 Å². The van der Waals surface area contributed by atoms with E-state index in [1.807, 2.05) is 30.3 Å². The zero-order valence-electron chi connectivity index (χ0n) is 11.7. The van der Waals surface area contributed by atoms with Crippen molar-refractivity contribution < 1.29 is 14.3 Å². The summed E-state index contributed by atoms with van der Waals surface area (Å²) >= 11 is 0. The molecule has 0 spiro atoms. The van der Waals surface area contributed by atoms with Crippen molar-refractivity contribution in [2.45, 2.75) is 51.9 Å². The summed E-state index contributed by atoms with van der Waals surface area (Å²) < 4.78 is 11.0. The number of hydrogen-bond donors (Lipinski definition) is 0. The van der Waals surface area contributed by atoms with Gasteiger partial charge in [0.2, 0.25) is 0 Å². The van der Waals surface area contributed by atoms with Gasteiger partial charge in [0.1, 0.15) is 6.61 Å². The molecule has 104 valence electrons. The van der Waals surface area contributed by atoms with Crippen molar-refractivity contribution in [3.8, 4) is 0 Å². The number of benzene rings is 1. The summed E-state index contributed by atoms with van der Waals surface area (Å²) in [5.41, 5.74) is 1.03. The third kappa shape index (κ3) is 4.67. The van der Waals surface area contributed by atoms with E-state index >= 15 is 0 Å². The first-order chi connectivity index (χ1) is 9.13. The van der Waals surface area contributed by atoms with E-state index < -0.39 is 0 Å². The van der Waals surface area contributed by atoms with Crippen LogP contribution in [0.4, 0.5) is 0 Å². The summed E-state index contributed by atoms with van der Waals surface area (Å²) in [5.74, 6) is 0.289. The van der Waals surface area contributed by atoms with Gasteiger partial charge >= 0.3 is 5.97 Å². The standard InChI is InChI=1S/C16H22O3/c1-12-8-15(9-13(2)19-12)10-16(17)18-11-14-6-4-3-5-7-14/h3-7,12-13,15H,8-11H2,1-2H3. The molecular weight excluding hydrogens is 240 g/mol. The minimum atomic E-state index is -0.102. The van der Waals surface area contributed by atoms with E-state index in [0.29, 0.717) is 18.9 Å². The van der Waals surface area contributed by atoms with Gasteiger partial charge in [-0.2, -0.15) is 0 Å². The molecule has 1 aliphatic heterocycles. The smallest absolute Gasteiger partial charge is 0.306 e. The molecule has 0 radical (unpaired) electrons. The van der Waals surface area contributed by atoms with Crippen molar-refractivity contribution in [3.05, 3.63) is 35.9 Å². The van der Waals surface area contributed by atoms with Crippen LogP contribution in [0.2, 0.25) is 0 Å². The Kier molecular flexibility index (Phi) is 4.97. The third-order valence-electron chi connectivity index (χ3n) is 3.49. The minimum absolute atomic E-state index is 0.102. The largest absolute Gasteiger partial charge is 0.461 e. The van der Waals surface area contributed by atoms with Gasteiger partial charge in [0.05, 0.1) is 12.2 Å². The van der Waals surface area contributed by atoms with Gasteiger partial charge in [0.15, 0.2) is 0 Å². The van der Waals surface area contributed by atoms with Crippen molar-refractivity contribution in [3.63, 3.8) is 0 Å². The molecule has 2 unspecified atom stereocenters. The zero-order chi connectivity index (χ0) is 13.7. The van der Waals surface area contributed by atoms with Gasteiger partial charge in [-0.15, -0.1) is 0 Å². The lowest BCUT2D eigenvalue weighted by Crippen LogP contribution is -2.30. The molecule has 1 aromatic carbocycles. The summed E-state index contributed by atoms with van der Waals surface area (Å²) in [7, 11) is 0. The van der Waals surface area contributed by atoms with Crippen LogP contribution in [0.25, 0.3) is 0 Å². The molecule has 3 nitrogen and oxygen atoms in total. The molecule has 1 fully saturated rings. The predicted molar refractivity (Wildman–Crippen MR) is 73.6 cm³/mol. The van der Waals surface area contributed by atoms with E-state index in [1.165, 1.54) is 0 Å². The highest BCUT2D eigenvalue weighted by Crippen LogP contribution is 2.27. The molecule has 1 aliphatic rings. The molecule has 0 aromatic heterocycles. The van der Waals surface area contributed by atoms with Crippen LogP contribution in [0, 0.1) is 5.92 Å². The number of hydrogen-bond acceptors (Lipinski definition) is 3. The molecule has 19 heavy (non-hydrogen) atoms. The number of rotatable bonds is 4. The lowest BCUT2D eigenvalue weighted by molar-refractivity contribution is -0.148. The van der Waals surface area contributed by atoms with E-state index in [0.717, 1.165) is 18.4 Å². The van der Waals surface area contributed by atoms with Gasteiger partial charge in [0, 0.05) is 6.42 Å². The second-order valence-electron chi connectivity index (χ2n) is 5.45. The maximum absolute atomic E-state index is 11.8. The number of esters is 1. The first-order valence-corrected chi connectivity index (χ1v) is 6.98. The molecule has 1 saturated heterocycles. The van der Waals surface area contributed by atoms with Crippen LogP contribution >= 0.6 is 0 Å². The predicted octanol–water partition coefficient (Wildman–Crippen LogP) is 3.32. The Balaban J connectivity index is 1.75. The maximum Gasteiger partial charge on any atom is 0.306 e. The Morgan fingerprint density at radius 1 is 1.21 bits per heavy atom. The summed E-state index contributed by atoms with van der Waals surface area (Å²) in [4.78, 5) is 11.8. The first-order valence-electron chi connectivity index (χ1n) is 6.98. The Morgan fingerprint density at radius 3 is 2.47 bits per heavy atom. The normalized spacial score (nSPS) is 26.9. The fraction of sp³-hybridized carbons (Fsp3) is 0.562. The van der Waals surface area contributed by atoms with Crippen LogP contribution in [0.1, 0.15) is 38.7 Å². The molecule has 3 heteroatoms. The molecule has 0 bridgehead atoms. The summed E-state index contributed by atoms with van der Waals surface area (Å²) in [6.45, 7) is 4.50. The lowest BCUT2D eigenvalue weighted by atomic mass is 9.90. The van der Waals surface area contributed by atoms with Gasteiger partial charge in [-0.1, -0.05) is 30.3 Å². The Bertz CT molecular complexity index is 392. The van der Waals surface area contributed by atoms with Crippen LogP contribution in [-0.2, 0) is 20.9 Å². The molecule has 2 atom stereocenters. The number of ether oxygens (including phenoxy) is 2. The molecule has 0 saturated carbocycles. The zero-order valence-corrected chi connectivity index (χ0v) is 11.7. The summed E-state index contributed by atoms with van der Waals surface area (Å²) in [6, 6.07) is 9.78. The topological polar surface area (TPSA) is 35.5 Å². The minimum Gasteiger partial charge on any atom is -0.461 e. The van der Waals surface area contributed by atoms with E-state index in [2.05, 4.69) is 13.8 Å². The Labute approximate surface area is 114 Å². The Hall–Kier alpha value is -1.35. The highest BCUT2D eigenvalue weighted by Gasteiger charge is 2.26. The van der Waals surface area contributed by atoms with E-state index in [-0.39, 0.29) is 18.2 Å². The SMILES string of the molecule is CC1CC(CC(=O)OCc2ccccc2)CC(C)O1. The monoisotopic (exact) mass is 262 g/mol. The van der Waals surface area contributed by atoms with Gasteiger partial charge in [-0.3, -0.25) is 4.79 Å². The molecule has 1 heterocycles. The highest BCUT2D eigenvalue weighted by molar-refractivity contribution is 5.69. The van der Waals surface area contributed by atoms with Crippen molar-refractivity contribution in [2.75, 3.05) is 0 Å². The van der Waals surface area contributed by atoms with Gasteiger partial charge < -0.3 is 9.47 Å². The van der Waals surface area contributed by atoms with E-state index in [4.69, 9.17) is 9.47 Å². The second-order valence-corrected chi connectivity index (χ2v) is 5.45. The van der Waals surface area contributed by atoms with Crippen LogP contribution in [-0.4, -0.2) is 18.2 Å². The molecule has 1 aromatic rings. The van der Waals surface area contributed by atoms with E-state index in [1.54, 1.807) is 0 Å².